The standard InChI is InChI=1S/C30H33FO6/c1-19(20(2)30(32)33)22-7-6-8-24(16-22)36-18-21-10-12-25(26-17-23(34-3)11-13-27(26)31)28(15-21)37-29-9-4-5-14-35-29/h6-8,10-13,15-17,19-20,29H,4-5,9,14,18H2,1-3H3,(H,32,33)/t19-,20?,29?/m0/s1. The fraction of sp³-hybridized carbons (Fsp3) is 0.367. The van der Waals surface area contributed by atoms with Gasteiger partial charge in [-0.3, -0.25) is 4.79 Å². The van der Waals surface area contributed by atoms with Crippen molar-refractivity contribution in [2.75, 3.05) is 13.7 Å². The van der Waals surface area contributed by atoms with Gasteiger partial charge in [0.15, 0.2) is 6.29 Å². The van der Waals surface area contributed by atoms with Crippen LogP contribution in [0.25, 0.3) is 11.1 Å². The molecule has 0 spiro atoms. The Balaban J connectivity index is 1.58. The molecule has 1 fully saturated rings. The molecule has 7 heteroatoms. The Kier molecular flexibility index (Phi) is 8.66. The minimum absolute atomic E-state index is 0.159. The van der Waals surface area contributed by atoms with E-state index in [1.807, 2.05) is 49.4 Å². The number of hydrogen-bond donors (Lipinski definition) is 1. The maximum Gasteiger partial charge on any atom is 0.306 e. The summed E-state index contributed by atoms with van der Waals surface area (Å²) in [4.78, 5) is 11.4. The van der Waals surface area contributed by atoms with Crippen LogP contribution in [0.4, 0.5) is 4.39 Å². The average Bonchev–Trinajstić information content (AvgIpc) is 2.92. The Bertz CT molecular complexity index is 1220. The van der Waals surface area contributed by atoms with E-state index < -0.39 is 18.2 Å². The van der Waals surface area contributed by atoms with Gasteiger partial charge >= 0.3 is 5.97 Å². The smallest absolute Gasteiger partial charge is 0.306 e. The summed E-state index contributed by atoms with van der Waals surface area (Å²) in [5.74, 6) is -0.174. The monoisotopic (exact) mass is 508 g/mol. The number of rotatable bonds is 10. The molecule has 0 aliphatic carbocycles. The quantitative estimate of drug-likeness (QED) is 0.324. The first-order chi connectivity index (χ1) is 17.9. The van der Waals surface area contributed by atoms with Crippen molar-refractivity contribution in [3.63, 3.8) is 0 Å². The van der Waals surface area contributed by atoms with E-state index in [2.05, 4.69) is 0 Å². The second-order valence-electron chi connectivity index (χ2n) is 9.37. The van der Waals surface area contributed by atoms with Gasteiger partial charge in [-0.15, -0.1) is 0 Å². The molecule has 0 saturated carbocycles. The Morgan fingerprint density at radius 3 is 2.62 bits per heavy atom. The van der Waals surface area contributed by atoms with Crippen LogP contribution in [0, 0.1) is 11.7 Å². The molecule has 0 amide bonds. The van der Waals surface area contributed by atoms with Crippen molar-refractivity contribution in [3.05, 3.63) is 77.6 Å². The number of benzene rings is 3. The fourth-order valence-electron chi connectivity index (χ4n) is 4.32. The van der Waals surface area contributed by atoms with Crippen molar-refractivity contribution in [1.82, 2.24) is 0 Å². The predicted molar refractivity (Wildman–Crippen MR) is 139 cm³/mol. The molecule has 0 radical (unpaired) electrons. The van der Waals surface area contributed by atoms with Crippen LogP contribution in [0.5, 0.6) is 17.2 Å². The van der Waals surface area contributed by atoms with E-state index in [9.17, 15) is 14.3 Å². The van der Waals surface area contributed by atoms with Gasteiger partial charge in [-0.25, -0.2) is 4.39 Å². The maximum atomic E-state index is 14.8. The average molecular weight is 509 g/mol. The van der Waals surface area contributed by atoms with Gasteiger partial charge in [0.25, 0.3) is 0 Å². The number of carboxylic acids is 1. The highest BCUT2D eigenvalue weighted by molar-refractivity contribution is 5.73. The van der Waals surface area contributed by atoms with Gasteiger partial charge in [-0.1, -0.05) is 38.1 Å². The summed E-state index contributed by atoms with van der Waals surface area (Å²) in [7, 11) is 1.54. The van der Waals surface area contributed by atoms with Gasteiger partial charge in [0.1, 0.15) is 29.7 Å². The molecule has 2 unspecified atom stereocenters. The van der Waals surface area contributed by atoms with Crippen LogP contribution >= 0.6 is 0 Å². The highest BCUT2D eigenvalue weighted by atomic mass is 19.1. The molecule has 0 bridgehead atoms. The van der Waals surface area contributed by atoms with E-state index >= 15 is 0 Å². The molecule has 1 saturated heterocycles. The molecular formula is C30H33FO6. The number of hydrogen-bond acceptors (Lipinski definition) is 5. The summed E-state index contributed by atoms with van der Waals surface area (Å²) in [5.41, 5.74) is 2.73. The predicted octanol–water partition coefficient (Wildman–Crippen LogP) is 6.81. The number of carbonyl (C=O) groups is 1. The van der Waals surface area contributed by atoms with Gasteiger partial charge < -0.3 is 24.1 Å². The lowest BCUT2D eigenvalue weighted by Crippen LogP contribution is -2.25. The number of aliphatic carboxylic acids is 1. The molecule has 6 nitrogen and oxygen atoms in total. The normalized spacial score (nSPS) is 17.0. The molecule has 37 heavy (non-hydrogen) atoms. The van der Waals surface area contributed by atoms with E-state index in [4.69, 9.17) is 18.9 Å². The van der Waals surface area contributed by atoms with E-state index in [1.165, 1.54) is 6.07 Å². The Morgan fingerprint density at radius 1 is 1.05 bits per heavy atom. The Labute approximate surface area is 216 Å². The SMILES string of the molecule is COc1ccc(F)c(-c2ccc(COc3cccc([C@@H](C)C(C)C(=O)O)c3)cc2OC2CCCCO2)c1. The third kappa shape index (κ3) is 6.60. The third-order valence-electron chi connectivity index (χ3n) is 6.83. The summed E-state index contributed by atoms with van der Waals surface area (Å²) >= 11 is 0. The lowest BCUT2D eigenvalue weighted by atomic mass is 9.89. The van der Waals surface area contributed by atoms with Gasteiger partial charge in [-0.05, 0) is 66.3 Å². The zero-order valence-electron chi connectivity index (χ0n) is 21.4. The summed E-state index contributed by atoms with van der Waals surface area (Å²) in [5, 5.41) is 9.35. The molecule has 1 N–H and O–H groups in total. The second kappa shape index (κ2) is 12.1. The third-order valence-corrected chi connectivity index (χ3v) is 6.83. The molecule has 196 valence electrons. The van der Waals surface area contributed by atoms with Gasteiger partial charge in [0.05, 0.1) is 19.6 Å². The summed E-state index contributed by atoms with van der Waals surface area (Å²) < 4.78 is 38.2. The fourth-order valence-corrected chi connectivity index (χ4v) is 4.32. The number of methoxy groups -OCH3 is 1. The molecule has 1 aliphatic heterocycles. The molecule has 3 aromatic rings. The van der Waals surface area contributed by atoms with Crippen molar-refractivity contribution < 1.29 is 33.2 Å². The minimum atomic E-state index is -0.833. The van der Waals surface area contributed by atoms with E-state index in [0.29, 0.717) is 35.0 Å². The number of ether oxygens (including phenoxy) is 4. The molecule has 1 heterocycles. The van der Waals surface area contributed by atoms with Crippen molar-refractivity contribution in [1.29, 1.82) is 0 Å². The highest BCUT2D eigenvalue weighted by Gasteiger charge is 2.22. The van der Waals surface area contributed by atoms with Gasteiger partial charge in [0.2, 0.25) is 0 Å². The Morgan fingerprint density at radius 2 is 1.89 bits per heavy atom. The highest BCUT2D eigenvalue weighted by Crippen LogP contribution is 2.37. The number of halogens is 1. The summed E-state index contributed by atoms with van der Waals surface area (Å²) in [6.45, 7) is 4.48. The first-order valence-corrected chi connectivity index (χ1v) is 12.6. The van der Waals surface area contributed by atoms with Crippen LogP contribution in [0.1, 0.15) is 50.2 Å². The molecule has 4 rings (SSSR count). The van der Waals surface area contributed by atoms with Gasteiger partial charge in [-0.2, -0.15) is 0 Å². The van der Waals surface area contributed by atoms with Crippen molar-refractivity contribution in [2.24, 2.45) is 5.92 Å². The topological polar surface area (TPSA) is 74.2 Å². The molecule has 3 atom stereocenters. The molecule has 1 aliphatic rings. The van der Waals surface area contributed by atoms with Crippen LogP contribution in [0.3, 0.4) is 0 Å². The van der Waals surface area contributed by atoms with Crippen molar-refractivity contribution in [2.45, 2.75) is 51.9 Å². The minimum Gasteiger partial charge on any atom is -0.497 e. The van der Waals surface area contributed by atoms with Crippen molar-refractivity contribution >= 4 is 5.97 Å². The zero-order chi connectivity index (χ0) is 26.4. The van der Waals surface area contributed by atoms with Crippen LogP contribution in [-0.2, 0) is 16.1 Å². The Hall–Kier alpha value is -3.58. The van der Waals surface area contributed by atoms with Crippen LogP contribution < -0.4 is 14.2 Å². The second-order valence-corrected chi connectivity index (χ2v) is 9.37. The largest absolute Gasteiger partial charge is 0.497 e. The van der Waals surface area contributed by atoms with E-state index in [1.54, 1.807) is 26.2 Å². The first kappa shape index (κ1) is 26.5. The van der Waals surface area contributed by atoms with Crippen LogP contribution in [0.2, 0.25) is 0 Å². The maximum absolute atomic E-state index is 14.8. The molecule has 3 aromatic carbocycles. The lowest BCUT2D eigenvalue weighted by Gasteiger charge is -2.25. The lowest BCUT2D eigenvalue weighted by molar-refractivity contribution is -0.141. The van der Waals surface area contributed by atoms with Gasteiger partial charge in [0, 0.05) is 17.5 Å². The zero-order valence-corrected chi connectivity index (χ0v) is 21.4. The van der Waals surface area contributed by atoms with Crippen LogP contribution in [-0.4, -0.2) is 31.1 Å². The summed E-state index contributed by atoms with van der Waals surface area (Å²) in [6, 6.07) is 17.6. The molecule has 0 aromatic heterocycles. The van der Waals surface area contributed by atoms with E-state index in [-0.39, 0.29) is 18.3 Å². The summed E-state index contributed by atoms with van der Waals surface area (Å²) in [6.07, 6.45) is 2.37. The first-order valence-electron chi connectivity index (χ1n) is 12.6. The van der Waals surface area contributed by atoms with Crippen LogP contribution in [0.15, 0.2) is 60.7 Å². The van der Waals surface area contributed by atoms with Crippen molar-refractivity contribution in [3.8, 4) is 28.4 Å². The number of carboxylic acid groups (broad SMARTS) is 1. The van der Waals surface area contributed by atoms with E-state index in [0.717, 1.165) is 30.4 Å². The molecular weight excluding hydrogens is 475 g/mol.